The Morgan fingerprint density at radius 3 is 1.67 bits per heavy atom. The van der Waals surface area contributed by atoms with Crippen molar-refractivity contribution in [2.75, 3.05) is 0 Å². The van der Waals surface area contributed by atoms with Gasteiger partial charge in [0.2, 0.25) is 0 Å². The normalized spacial score (nSPS) is 11.6. The second kappa shape index (κ2) is 8.63. The summed E-state index contributed by atoms with van der Waals surface area (Å²) in [6, 6.07) is 22.0. The molecule has 1 nitrogen and oxygen atoms in total. The summed E-state index contributed by atoms with van der Waals surface area (Å²) in [5.74, 6) is 0. The van der Waals surface area contributed by atoms with E-state index in [4.69, 9.17) is 0 Å². The highest BCUT2D eigenvalue weighted by Crippen LogP contribution is 2.39. The molecular weight excluding hydrogens is 398 g/mol. The number of hydrogen-bond donors (Lipinski definition) is 0. The lowest BCUT2D eigenvalue weighted by atomic mass is 9.83. The molecule has 33 heavy (non-hydrogen) atoms. The molecule has 0 radical (unpaired) electrons. The fourth-order valence-electron chi connectivity index (χ4n) is 4.73. The smallest absolute Gasteiger partial charge is 0.0704 e. The molecule has 0 fully saturated rings. The molecule has 1 heteroatoms. The number of pyridine rings is 1. The molecule has 0 bridgehead atoms. The third-order valence-corrected chi connectivity index (χ3v) is 7.31. The molecule has 1 heterocycles. The van der Waals surface area contributed by atoms with E-state index in [1.54, 1.807) is 0 Å². The van der Waals surface area contributed by atoms with Crippen LogP contribution in [0.3, 0.4) is 0 Å². The lowest BCUT2D eigenvalue weighted by molar-refractivity contribution is 0.589. The van der Waals surface area contributed by atoms with Crippen LogP contribution in [0.25, 0.3) is 33.5 Å². The van der Waals surface area contributed by atoms with Gasteiger partial charge in [0, 0.05) is 11.8 Å². The summed E-state index contributed by atoms with van der Waals surface area (Å²) in [5, 5.41) is 0. The van der Waals surface area contributed by atoms with Crippen LogP contribution in [0.15, 0.2) is 66.9 Å². The summed E-state index contributed by atoms with van der Waals surface area (Å²) >= 11 is 0. The van der Waals surface area contributed by atoms with Gasteiger partial charge in [0.15, 0.2) is 0 Å². The van der Waals surface area contributed by atoms with Gasteiger partial charge in [0.05, 0.1) is 5.69 Å². The monoisotopic (exact) mass is 433 g/mol. The van der Waals surface area contributed by atoms with Gasteiger partial charge in [0.1, 0.15) is 0 Å². The molecule has 3 aromatic carbocycles. The Labute approximate surface area is 199 Å². The van der Waals surface area contributed by atoms with Gasteiger partial charge in [-0.1, -0.05) is 69.3 Å². The van der Waals surface area contributed by atoms with E-state index in [0.717, 1.165) is 11.3 Å². The minimum Gasteiger partial charge on any atom is -0.256 e. The average Bonchev–Trinajstić information content (AvgIpc) is 2.82. The minimum absolute atomic E-state index is 0.108. The predicted molar refractivity (Wildman–Crippen MR) is 143 cm³/mol. The quantitative estimate of drug-likeness (QED) is 0.314. The van der Waals surface area contributed by atoms with Crippen LogP contribution in [0.1, 0.15) is 54.2 Å². The van der Waals surface area contributed by atoms with Crippen molar-refractivity contribution in [2.45, 2.75) is 60.8 Å². The van der Waals surface area contributed by atoms with Crippen LogP contribution < -0.4 is 0 Å². The maximum atomic E-state index is 4.64. The van der Waals surface area contributed by atoms with E-state index in [1.807, 2.05) is 6.20 Å². The van der Waals surface area contributed by atoms with Crippen LogP contribution in [-0.4, -0.2) is 4.98 Å². The Hall–Kier alpha value is -3.19. The molecule has 0 aliphatic heterocycles. The van der Waals surface area contributed by atoms with Crippen molar-refractivity contribution >= 4 is 0 Å². The maximum Gasteiger partial charge on any atom is 0.0704 e. The highest BCUT2D eigenvalue weighted by Gasteiger charge is 2.17. The van der Waals surface area contributed by atoms with Crippen LogP contribution in [0.5, 0.6) is 0 Å². The van der Waals surface area contributed by atoms with Gasteiger partial charge in [0.25, 0.3) is 0 Å². The molecule has 0 N–H and O–H groups in total. The summed E-state index contributed by atoms with van der Waals surface area (Å²) in [6.45, 7) is 18.0. The molecule has 4 aromatic rings. The molecule has 0 amide bonds. The molecule has 0 atom stereocenters. The van der Waals surface area contributed by atoms with Gasteiger partial charge in [-0.05, 0) is 108 Å². The van der Waals surface area contributed by atoms with Crippen LogP contribution in [0.4, 0.5) is 0 Å². The van der Waals surface area contributed by atoms with Crippen molar-refractivity contribution in [3.05, 3.63) is 100 Å². The molecular formula is C32H35N. The second-order valence-electron chi connectivity index (χ2n) is 10.3. The molecule has 0 aliphatic rings. The summed E-state index contributed by atoms with van der Waals surface area (Å²) in [4.78, 5) is 4.64. The van der Waals surface area contributed by atoms with Gasteiger partial charge >= 0.3 is 0 Å². The number of nitrogens with zero attached hydrogens (tertiary/aromatic N) is 1. The van der Waals surface area contributed by atoms with Gasteiger partial charge in [-0.3, -0.25) is 4.98 Å². The zero-order valence-corrected chi connectivity index (χ0v) is 21.3. The molecule has 0 saturated carbocycles. The van der Waals surface area contributed by atoms with Crippen molar-refractivity contribution < 1.29 is 0 Å². The number of rotatable bonds is 3. The average molecular weight is 434 g/mol. The predicted octanol–water partition coefficient (Wildman–Crippen LogP) is 8.92. The van der Waals surface area contributed by atoms with Crippen molar-refractivity contribution in [1.29, 1.82) is 0 Å². The summed E-state index contributed by atoms with van der Waals surface area (Å²) in [5.41, 5.74) is 15.7. The first-order chi connectivity index (χ1) is 15.6. The molecule has 168 valence electrons. The van der Waals surface area contributed by atoms with E-state index < -0.39 is 0 Å². The molecule has 0 aliphatic carbocycles. The van der Waals surface area contributed by atoms with E-state index in [2.05, 4.69) is 121 Å². The standard InChI is InChI=1S/C32H35N/c1-20-21(2)23(4)31(24(5)22(20)3)29-12-10-9-11-28(29)25-13-15-26(16-14-25)30-19-27(17-18-33-30)32(6,7)8/h9-19H,1-8H3. The minimum atomic E-state index is 0.108. The van der Waals surface area contributed by atoms with E-state index >= 15 is 0 Å². The van der Waals surface area contributed by atoms with E-state index in [1.165, 1.54) is 55.6 Å². The molecule has 0 unspecified atom stereocenters. The Kier molecular flexibility index (Phi) is 6.01. The fourth-order valence-corrected chi connectivity index (χ4v) is 4.73. The fraction of sp³-hybridized carbons (Fsp3) is 0.281. The van der Waals surface area contributed by atoms with Crippen LogP contribution in [0.2, 0.25) is 0 Å². The lowest BCUT2D eigenvalue weighted by Gasteiger charge is -2.21. The van der Waals surface area contributed by atoms with Crippen molar-refractivity contribution in [3.8, 4) is 33.5 Å². The topological polar surface area (TPSA) is 12.9 Å². The first kappa shape index (κ1) is 23.0. The first-order valence-corrected chi connectivity index (χ1v) is 11.8. The van der Waals surface area contributed by atoms with Crippen molar-refractivity contribution in [3.63, 3.8) is 0 Å². The summed E-state index contributed by atoms with van der Waals surface area (Å²) < 4.78 is 0. The summed E-state index contributed by atoms with van der Waals surface area (Å²) in [7, 11) is 0. The Balaban J connectivity index is 1.80. The number of aromatic nitrogens is 1. The SMILES string of the molecule is Cc1c(C)c(C)c(-c2ccccc2-c2ccc(-c3cc(C(C)(C)C)ccn3)cc2)c(C)c1C. The molecule has 4 rings (SSSR count). The third kappa shape index (κ3) is 4.25. The van der Waals surface area contributed by atoms with Crippen LogP contribution in [-0.2, 0) is 5.41 Å². The molecule has 0 spiro atoms. The van der Waals surface area contributed by atoms with Crippen LogP contribution >= 0.6 is 0 Å². The highest BCUT2D eigenvalue weighted by atomic mass is 14.7. The third-order valence-electron chi connectivity index (χ3n) is 7.31. The zero-order chi connectivity index (χ0) is 23.9. The Bertz CT molecular complexity index is 1290. The maximum absolute atomic E-state index is 4.64. The van der Waals surface area contributed by atoms with Gasteiger partial charge in [-0.15, -0.1) is 0 Å². The largest absolute Gasteiger partial charge is 0.256 e. The first-order valence-electron chi connectivity index (χ1n) is 11.8. The van der Waals surface area contributed by atoms with Crippen LogP contribution in [0, 0.1) is 34.6 Å². The highest BCUT2D eigenvalue weighted by molar-refractivity contribution is 5.88. The lowest BCUT2D eigenvalue weighted by Crippen LogP contribution is -2.11. The van der Waals surface area contributed by atoms with Gasteiger partial charge in [-0.2, -0.15) is 0 Å². The van der Waals surface area contributed by atoms with Crippen molar-refractivity contribution in [1.82, 2.24) is 4.98 Å². The zero-order valence-electron chi connectivity index (χ0n) is 21.3. The Morgan fingerprint density at radius 2 is 1.09 bits per heavy atom. The number of benzene rings is 3. The van der Waals surface area contributed by atoms with E-state index in [9.17, 15) is 0 Å². The molecule has 0 saturated heterocycles. The van der Waals surface area contributed by atoms with Gasteiger partial charge < -0.3 is 0 Å². The second-order valence-corrected chi connectivity index (χ2v) is 10.3. The van der Waals surface area contributed by atoms with Gasteiger partial charge in [-0.25, -0.2) is 0 Å². The number of hydrogen-bond acceptors (Lipinski definition) is 1. The van der Waals surface area contributed by atoms with E-state index in [0.29, 0.717) is 0 Å². The van der Waals surface area contributed by atoms with Crippen molar-refractivity contribution in [2.24, 2.45) is 0 Å². The summed E-state index contributed by atoms with van der Waals surface area (Å²) in [6.07, 6.45) is 1.92. The molecule has 1 aromatic heterocycles. The van der Waals surface area contributed by atoms with E-state index in [-0.39, 0.29) is 5.41 Å². The Morgan fingerprint density at radius 1 is 0.576 bits per heavy atom.